The molecule has 4 aliphatic rings. The third kappa shape index (κ3) is 4.25. The second-order valence-electron chi connectivity index (χ2n) is 10.6. The molecule has 4 bridgehead atoms. The molecular weight excluding hydrogens is 504 g/mol. The van der Waals surface area contributed by atoms with Gasteiger partial charge in [-0.2, -0.15) is 4.99 Å². The highest BCUT2D eigenvalue weighted by atomic mass is 16.8. The van der Waals surface area contributed by atoms with Crippen molar-refractivity contribution in [3.05, 3.63) is 105 Å². The number of nitrogens with zero attached hydrogens (tertiary/aromatic N) is 3. The van der Waals surface area contributed by atoms with E-state index in [4.69, 9.17) is 19.3 Å². The van der Waals surface area contributed by atoms with Crippen molar-refractivity contribution in [2.45, 2.75) is 59.0 Å². The first-order valence-electron chi connectivity index (χ1n) is 13.8. The normalized spacial score (nSPS) is 18.3. The van der Waals surface area contributed by atoms with Crippen LogP contribution in [0.25, 0.3) is 16.8 Å². The van der Waals surface area contributed by atoms with Crippen LogP contribution in [0.5, 0.6) is 11.5 Å². The molecule has 4 aliphatic heterocycles. The van der Waals surface area contributed by atoms with Crippen molar-refractivity contribution in [2.24, 2.45) is 4.99 Å². The SMILES string of the molecule is CCCc1nc(C)n(-c2ccc3c(c2)CC(C)O3)c(=O)c1Cc1ccc(-c2cc3ccc2C2=NC(ON2)O3)cc1. The largest absolute Gasteiger partial charge is 0.490 e. The minimum absolute atomic E-state index is 0.0129. The van der Waals surface area contributed by atoms with Gasteiger partial charge in [-0.3, -0.25) is 9.36 Å². The first-order chi connectivity index (χ1) is 19.5. The van der Waals surface area contributed by atoms with E-state index in [1.165, 1.54) is 0 Å². The van der Waals surface area contributed by atoms with E-state index in [1.54, 1.807) is 4.57 Å². The molecule has 0 saturated carbocycles. The quantitative estimate of drug-likeness (QED) is 0.373. The van der Waals surface area contributed by atoms with E-state index in [1.807, 2.05) is 37.3 Å². The van der Waals surface area contributed by atoms with Gasteiger partial charge in [-0.1, -0.05) is 37.6 Å². The first kappa shape index (κ1) is 24.6. The molecule has 5 heterocycles. The van der Waals surface area contributed by atoms with E-state index in [0.29, 0.717) is 23.8 Å². The van der Waals surface area contributed by atoms with Crippen molar-refractivity contribution >= 4 is 5.84 Å². The van der Waals surface area contributed by atoms with Crippen LogP contribution >= 0.6 is 0 Å². The highest BCUT2D eigenvalue weighted by Crippen LogP contribution is 2.33. The van der Waals surface area contributed by atoms with Crippen molar-refractivity contribution in [1.29, 1.82) is 0 Å². The monoisotopic (exact) mass is 534 g/mol. The Hall–Kier alpha value is -4.43. The molecule has 0 aliphatic carbocycles. The van der Waals surface area contributed by atoms with E-state index < -0.39 is 6.41 Å². The van der Waals surface area contributed by atoms with Gasteiger partial charge in [0, 0.05) is 24.0 Å². The van der Waals surface area contributed by atoms with Crippen LogP contribution in [-0.2, 0) is 24.1 Å². The summed E-state index contributed by atoms with van der Waals surface area (Å²) in [6.45, 7) is 6.08. The second-order valence-corrected chi connectivity index (χ2v) is 10.6. The number of rotatable bonds is 6. The minimum atomic E-state index is -0.664. The number of hydrogen-bond acceptors (Lipinski definition) is 7. The van der Waals surface area contributed by atoms with Gasteiger partial charge in [0.25, 0.3) is 5.56 Å². The third-order valence-electron chi connectivity index (χ3n) is 7.67. The first-order valence-corrected chi connectivity index (χ1v) is 13.8. The molecule has 202 valence electrons. The molecule has 1 aromatic heterocycles. The van der Waals surface area contributed by atoms with Gasteiger partial charge in [0.2, 0.25) is 0 Å². The maximum atomic E-state index is 14.0. The average molecular weight is 535 g/mol. The summed E-state index contributed by atoms with van der Waals surface area (Å²) >= 11 is 0. The second kappa shape index (κ2) is 9.64. The van der Waals surface area contributed by atoms with E-state index in [2.05, 4.69) is 54.7 Å². The van der Waals surface area contributed by atoms with Crippen LogP contribution in [0, 0.1) is 6.92 Å². The molecule has 0 radical (unpaired) electrons. The van der Waals surface area contributed by atoms with Gasteiger partial charge >= 0.3 is 6.41 Å². The number of benzene rings is 3. The highest BCUT2D eigenvalue weighted by Gasteiger charge is 2.27. The summed E-state index contributed by atoms with van der Waals surface area (Å²) in [5.74, 6) is 2.94. The number of amidine groups is 1. The van der Waals surface area contributed by atoms with Crippen molar-refractivity contribution < 1.29 is 14.3 Å². The Bertz CT molecular complexity index is 1720. The average Bonchev–Trinajstić information content (AvgIpc) is 3.57. The Labute approximate surface area is 232 Å². The van der Waals surface area contributed by atoms with E-state index >= 15 is 0 Å². The summed E-state index contributed by atoms with van der Waals surface area (Å²) in [5, 5.41) is 0. The molecule has 8 heteroatoms. The number of ether oxygens (including phenoxy) is 2. The van der Waals surface area contributed by atoms with E-state index in [0.717, 1.165) is 69.8 Å². The molecule has 8 nitrogen and oxygen atoms in total. The lowest BCUT2D eigenvalue weighted by molar-refractivity contribution is -0.0841. The van der Waals surface area contributed by atoms with Crippen LogP contribution in [0.2, 0.25) is 0 Å². The molecule has 0 saturated heterocycles. The number of aliphatic imine (C=N–C) groups is 1. The Balaban J connectivity index is 1.24. The van der Waals surface area contributed by atoms with Gasteiger partial charge in [0.15, 0.2) is 5.84 Å². The standard InChI is InChI=1S/C32H30N4O4/c1-4-5-28-27(31(37)36(19(3)33-28)23-10-13-29-22(16-23)14-18(2)38-29)15-20-6-8-21(9-7-20)26-17-24-11-12-25(26)30-34-32(39-24)40-35-30/h6-13,16-18,32H,4-5,14-15H2,1-3H3,(H,34,35). The molecule has 4 aromatic rings. The molecule has 3 aromatic carbocycles. The highest BCUT2D eigenvalue weighted by molar-refractivity contribution is 6.05. The van der Waals surface area contributed by atoms with Gasteiger partial charge in [-0.05, 0) is 78.9 Å². The predicted octanol–water partition coefficient (Wildman–Crippen LogP) is 5.03. The van der Waals surface area contributed by atoms with Crippen molar-refractivity contribution in [3.63, 3.8) is 0 Å². The van der Waals surface area contributed by atoms with Gasteiger partial charge in [0.05, 0.1) is 11.4 Å². The van der Waals surface area contributed by atoms with Crippen LogP contribution in [0.4, 0.5) is 0 Å². The van der Waals surface area contributed by atoms with Crippen molar-refractivity contribution in [2.75, 3.05) is 0 Å². The fourth-order valence-electron chi connectivity index (χ4n) is 5.79. The zero-order chi connectivity index (χ0) is 27.4. The fraction of sp³-hybridized carbons (Fsp3) is 0.281. The lowest BCUT2D eigenvalue weighted by atomic mass is 9.95. The van der Waals surface area contributed by atoms with Crippen LogP contribution in [0.15, 0.2) is 70.5 Å². The van der Waals surface area contributed by atoms with E-state index in [9.17, 15) is 4.79 Å². The van der Waals surface area contributed by atoms with Gasteiger partial charge in [0.1, 0.15) is 23.4 Å². The molecule has 2 atom stereocenters. The summed E-state index contributed by atoms with van der Waals surface area (Å²) in [6.07, 6.45) is 2.50. The van der Waals surface area contributed by atoms with Crippen LogP contribution in [-0.4, -0.2) is 27.9 Å². The summed E-state index contributed by atoms with van der Waals surface area (Å²) < 4.78 is 13.4. The summed E-state index contributed by atoms with van der Waals surface area (Å²) in [7, 11) is 0. The number of hydrogen-bond donors (Lipinski definition) is 1. The number of hydroxylamine groups is 1. The Kier molecular flexibility index (Phi) is 5.93. The topological polar surface area (TPSA) is 87.0 Å². The van der Waals surface area contributed by atoms with Crippen LogP contribution < -0.4 is 20.5 Å². The maximum Gasteiger partial charge on any atom is 0.324 e. The molecular formula is C32H30N4O4. The molecule has 8 rings (SSSR count). The lowest BCUT2D eigenvalue weighted by Gasteiger charge is -2.16. The van der Waals surface area contributed by atoms with Crippen molar-refractivity contribution in [1.82, 2.24) is 15.0 Å². The summed E-state index contributed by atoms with van der Waals surface area (Å²) in [4.78, 5) is 28.8. The smallest absolute Gasteiger partial charge is 0.324 e. The number of aromatic nitrogens is 2. The molecule has 0 fully saturated rings. The summed E-state index contributed by atoms with van der Waals surface area (Å²) in [5.41, 5.74) is 10.4. The molecule has 40 heavy (non-hydrogen) atoms. The Morgan fingerprint density at radius 1 is 1.02 bits per heavy atom. The number of aryl methyl sites for hydroxylation is 2. The van der Waals surface area contributed by atoms with Crippen LogP contribution in [0.1, 0.15) is 54.0 Å². The third-order valence-corrected chi connectivity index (χ3v) is 7.67. The maximum absolute atomic E-state index is 14.0. The Morgan fingerprint density at radius 2 is 1.88 bits per heavy atom. The van der Waals surface area contributed by atoms with Crippen LogP contribution in [0.3, 0.4) is 0 Å². The predicted molar refractivity (Wildman–Crippen MR) is 152 cm³/mol. The van der Waals surface area contributed by atoms with Crippen molar-refractivity contribution in [3.8, 4) is 28.3 Å². The lowest BCUT2D eigenvalue weighted by Crippen LogP contribution is -2.28. The fourth-order valence-corrected chi connectivity index (χ4v) is 5.79. The minimum Gasteiger partial charge on any atom is -0.490 e. The zero-order valence-electron chi connectivity index (χ0n) is 22.7. The zero-order valence-corrected chi connectivity index (χ0v) is 22.7. The molecule has 2 unspecified atom stereocenters. The molecule has 0 amide bonds. The number of nitrogens with one attached hydrogen (secondary N) is 1. The van der Waals surface area contributed by atoms with E-state index in [-0.39, 0.29) is 11.7 Å². The Morgan fingerprint density at radius 3 is 2.70 bits per heavy atom. The van der Waals surface area contributed by atoms with Gasteiger partial charge in [-0.25, -0.2) is 15.3 Å². The molecule has 1 N–H and O–H groups in total. The van der Waals surface area contributed by atoms with Gasteiger partial charge < -0.3 is 9.47 Å². The van der Waals surface area contributed by atoms with Gasteiger partial charge in [-0.15, -0.1) is 0 Å². The summed E-state index contributed by atoms with van der Waals surface area (Å²) in [6, 6.07) is 20.2. The molecule has 0 spiro atoms. The number of fused-ring (bicyclic) bond motifs is 3.